The molecule has 0 fully saturated rings. The summed E-state index contributed by atoms with van der Waals surface area (Å²) in [5, 5.41) is 0. The molecule has 1 N–H and O–H groups in total. The summed E-state index contributed by atoms with van der Waals surface area (Å²) >= 11 is 0. The quantitative estimate of drug-likeness (QED) is 0.379. The summed E-state index contributed by atoms with van der Waals surface area (Å²) in [6.07, 6.45) is 8.22. The van der Waals surface area contributed by atoms with Gasteiger partial charge in [-0.2, -0.15) is 0 Å². The number of hydrogen-bond acceptors (Lipinski definition) is 3. The zero-order valence-corrected chi connectivity index (χ0v) is 15.1. The summed E-state index contributed by atoms with van der Waals surface area (Å²) in [5.74, 6) is 0.573. The van der Waals surface area contributed by atoms with Crippen LogP contribution in [0.1, 0.15) is 33.1 Å². The molecule has 0 amide bonds. The Morgan fingerprint density at radius 2 is 1.42 bits per heavy atom. The standard InChI is InChI=1S/C12H11O4P.C7H14/c13-17(14,15-11-7-3-1-4-8-11)16-12-9-5-2-6-10-12;1-3-5-7-6-4-2/h1-10H,(H,13,14);3,5H,4,6-7H2,1-2H3. The lowest BCUT2D eigenvalue weighted by molar-refractivity contribution is 0.291. The van der Waals surface area contributed by atoms with Crippen LogP contribution in [0.2, 0.25) is 0 Å². The van der Waals surface area contributed by atoms with E-state index in [0.717, 1.165) is 0 Å². The van der Waals surface area contributed by atoms with Gasteiger partial charge in [-0.05, 0) is 37.6 Å². The van der Waals surface area contributed by atoms with Crippen LogP contribution in [0, 0.1) is 0 Å². The van der Waals surface area contributed by atoms with Crippen molar-refractivity contribution in [2.24, 2.45) is 0 Å². The van der Waals surface area contributed by atoms with Crippen molar-refractivity contribution >= 4 is 7.82 Å². The maximum absolute atomic E-state index is 11.7. The van der Waals surface area contributed by atoms with Crippen molar-refractivity contribution < 1.29 is 18.5 Å². The Labute approximate surface area is 144 Å². The van der Waals surface area contributed by atoms with E-state index in [-0.39, 0.29) is 11.5 Å². The fourth-order valence-electron chi connectivity index (χ4n) is 1.74. The van der Waals surface area contributed by atoms with E-state index >= 15 is 0 Å². The number of hydrogen-bond donors (Lipinski definition) is 1. The van der Waals surface area contributed by atoms with Crippen LogP contribution < -0.4 is 9.05 Å². The lowest BCUT2D eigenvalue weighted by Gasteiger charge is -2.13. The summed E-state index contributed by atoms with van der Waals surface area (Å²) in [5.41, 5.74) is 0. The zero-order valence-electron chi connectivity index (χ0n) is 14.2. The van der Waals surface area contributed by atoms with Gasteiger partial charge in [-0.15, -0.1) is 0 Å². The Kier molecular flexibility index (Phi) is 9.59. The fraction of sp³-hybridized carbons (Fsp3) is 0.263. The van der Waals surface area contributed by atoms with Gasteiger partial charge in [0.25, 0.3) is 0 Å². The molecule has 24 heavy (non-hydrogen) atoms. The van der Waals surface area contributed by atoms with Gasteiger partial charge in [0.05, 0.1) is 0 Å². The third kappa shape index (κ3) is 9.19. The van der Waals surface area contributed by atoms with Crippen LogP contribution in [-0.2, 0) is 4.57 Å². The van der Waals surface area contributed by atoms with E-state index in [0.29, 0.717) is 0 Å². The molecule has 0 heterocycles. The molecule has 2 aromatic carbocycles. The van der Waals surface area contributed by atoms with E-state index in [4.69, 9.17) is 9.05 Å². The first-order chi connectivity index (χ1) is 11.6. The van der Waals surface area contributed by atoms with Crippen molar-refractivity contribution in [3.05, 3.63) is 72.8 Å². The van der Waals surface area contributed by atoms with Gasteiger partial charge in [-0.3, -0.25) is 4.89 Å². The summed E-state index contributed by atoms with van der Waals surface area (Å²) in [6.45, 7) is 4.28. The van der Waals surface area contributed by atoms with Gasteiger partial charge >= 0.3 is 7.82 Å². The summed E-state index contributed by atoms with van der Waals surface area (Å²) in [7, 11) is -4.14. The van der Waals surface area contributed by atoms with E-state index in [1.165, 1.54) is 19.3 Å². The molecule has 5 heteroatoms. The first kappa shape index (κ1) is 20.0. The van der Waals surface area contributed by atoms with Crippen LogP contribution in [0.4, 0.5) is 0 Å². The second-order valence-corrected chi connectivity index (χ2v) is 6.29. The van der Waals surface area contributed by atoms with Crippen LogP contribution in [0.25, 0.3) is 0 Å². The highest BCUT2D eigenvalue weighted by molar-refractivity contribution is 7.48. The van der Waals surface area contributed by atoms with Gasteiger partial charge in [-0.25, -0.2) is 4.57 Å². The molecular weight excluding hydrogens is 323 g/mol. The van der Waals surface area contributed by atoms with Gasteiger partial charge in [0.15, 0.2) is 0 Å². The van der Waals surface area contributed by atoms with Crippen molar-refractivity contribution in [3.63, 3.8) is 0 Å². The normalized spacial score (nSPS) is 10.8. The van der Waals surface area contributed by atoms with Crippen molar-refractivity contribution in [2.45, 2.75) is 33.1 Å². The van der Waals surface area contributed by atoms with E-state index in [2.05, 4.69) is 26.0 Å². The molecule has 0 aliphatic carbocycles. The van der Waals surface area contributed by atoms with E-state index < -0.39 is 7.82 Å². The number of phosphoric ester groups is 1. The highest BCUT2D eigenvalue weighted by Crippen LogP contribution is 2.44. The minimum atomic E-state index is -4.14. The van der Waals surface area contributed by atoms with E-state index in [9.17, 15) is 9.46 Å². The lowest BCUT2D eigenvalue weighted by Crippen LogP contribution is -1.99. The second-order valence-electron chi connectivity index (χ2n) is 4.99. The Balaban J connectivity index is 0.000000351. The summed E-state index contributed by atoms with van der Waals surface area (Å²) < 4.78 is 21.5. The van der Waals surface area contributed by atoms with Crippen LogP contribution in [0.5, 0.6) is 11.5 Å². The molecule has 2 rings (SSSR count). The van der Waals surface area contributed by atoms with Crippen LogP contribution >= 0.6 is 7.82 Å². The third-order valence-corrected chi connectivity index (χ3v) is 3.77. The van der Waals surface area contributed by atoms with Crippen molar-refractivity contribution in [1.82, 2.24) is 0 Å². The minimum absolute atomic E-state index is 0.286. The molecule has 0 aromatic heterocycles. The second kappa shape index (κ2) is 11.5. The van der Waals surface area contributed by atoms with Gasteiger partial charge in [0, 0.05) is 0 Å². The number of rotatable bonds is 7. The highest BCUT2D eigenvalue weighted by atomic mass is 31.2. The number of phosphoric acid groups is 1. The van der Waals surface area contributed by atoms with Crippen LogP contribution in [0.15, 0.2) is 72.8 Å². The Morgan fingerprint density at radius 3 is 1.79 bits per heavy atom. The molecule has 0 aliphatic rings. The molecule has 0 saturated carbocycles. The SMILES string of the molecule is CC=CCCCC.O=P(O)(Oc1ccccc1)Oc1ccccc1. The molecule has 0 spiro atoms. The van der Waals surface area contributed by atoms with Gasteiger partial charge in [0.2, 0.25) is 0 Å². The number of unbranched alkanes of at least 4 members (excludes halogenated alkanes) is 2. The van der Waals surface area contributed by atoms with Crippen LogP contribution in [-0.4, -0.2) is 4.89 Å². The number of benzene rings is 2. The van der Waals surface area contributed by atoms with Crippen LogP contribution in [0.3, 0.4) is 0 Å². The van der Waals surface area contributed by atoms with Crippen molar-refractivity contribution in [2.75, 3.05) is 0 Å². The zero-order chi connectivity index (χ0) is 17.7. The predicted molar refractivity (Wildman–Crippen MR) is 98.3 cm³/mol. The Hall–Kier alpha value is -2.03. The average Bonchev–Trinajstić information content (AvgIpc) is 2.57. The van der Waals surface area contributed by atoms with E-state index in [1.807, 2.05) is 0 Å². The fourth-order valence-corrected chi connectivity index (χ4v) is 2.55. The monoisotopic (exact) mass is 348 g/mol. The first-order valence-electron chi connectivity index (χ1n) is 8.00. The summed E-state index contributed by atoms with van der Waals surface area (Å²) in [6, 6.07) is 16.7. The maximum Gasteiger partial charge on any atom is 0.584 e. The topological polar surface area (TPSA) is 55.8 Å². The predicted octanol–water partition coefficient (Wildman–Crippen LogP) is 6.00. The Morgan fingerprint density at radius 1 is 0.958 bits per heavy atom. The number of para-hydroxylation sites is 2. The highest BCUT2D eigenvalue weighted by Gasteiger charge is 2.24. The summed E-state index contributed by atoms with van der Waals surface area (Å²) in [4.78, 5) is 9.53. The third-order valence-electron chi connectivity index (χ3n) is 2.89. The molecule has 0 saturated heterocycles. The van der Waals surface area contributed by atoms with Crippen molar-refractivity contribution in [1.29, 1.82) is 0 Å². The van der Waals surface area contributed by atoms with Crippen molar-refractivity contribution in [3.8, 4) is 11.5 Å². The molecule has 0 bridgehead atoms. The first-order valence-corrected chi connectivity index (χ1v) is 9.50. The molecule has 0 radical (unpaired) electrons. The lowest BCUT2D eigenvalue weighted by atomic mass is 10.2. The Bertz CT molecular complexity index is 581. The van der Waals surface area contributed by atoms with E-state index in [1.54, 1.807) is 60.7 Å². The van der Waals surface area contributed by atoms with Gasteiger partial charge < -0.3 is 9.05 Å². The average molecular weight is 348 g/mol. The smallest absolute Gasteiger partial charge is 0.395 e. The molecular formula is C19H25O4P. The molecule has 130 valence electrons. The molecule has 2 aromatic rings. The molecule has 0 unspecified atom stereocenters. The minimum Gasteiger partial charge on any atom is -0.395 e. The largest absolute Gasteiger partial charge is 0.584 e. The molecule has 0 aliphatic heterocycles. The molecule has 0 atom stereocenters. The van der Waals surface area contributed by atoms with Gasteiger partial charge in [0.1, 0.15) is 11.5 Å². The maximum atomic E-state index is 11.7. The van der Waals surface area contributed by atoms with Gasteiger partial charge in [-0.1, -0.05) is 68.3 Å². The molecule has 4 nitrogen and oxygen atoms in total. The number of allylic oxidation sites excluding steroid dienone is 2.